The Kier molecular flexibility index (Phi) is 5.70. The molecule has 2 atom stereocenters. The molecule has 1 aromatic rings. The molecule has 2 aliphatic rings. The summed E-state index contributed by atoms with van der Waals surface area (Å²) in [4.78, 5) is 15.8. The largest absolute Gasteiger partial charge is 0.381 e. The number of carbonyl (C=O) groups is 1. The van der Waals surface area contributed by atoms with Crippen LogP contribution in [0.25, 0.3) is 0 Å². The van der Waals surface area contributed by atoms with E-state index in [4.69, 9.17) is 4.74 Å². The zero-order chi connectivity index (χ0) is 15.2. The summed E-state index contributed by atoms with van der Waals surface area (Å²) < 4.78 is 5.33. The van der Waals surface area contributed by atoms with Gasteiger partial charge in [0, 0.05) is 30.5 Å². The minimum Gasteiger partial charge on any atom is -0.381 e. The molecule has 6 heteroatoms. The smallest absolute Gasteiger partial charge is 0.314 e. The van der Waals surface area contributed by atoms with Crippen LogP contribution in [0, 0.1) is 5.92 Å². The number of hydrogen-bond donors (Lipinski definition) is 2. The number of amides is 2. The molecule has 122 valence electrons. The maximum atomic E-state index is 12.0. The van der Waals surface area contributed by atoms with Crippen LogP contribution >= 0.6 is 11.3 Å². The number of carbonyl (C=O) groups excluding carboxylic acids is 1. The van der Waals surface area contributed by atoms with Gasteiger partial charge in [0.25, 0.3) is 0 Å². The van der Waals surface area contributed by atoms with Crippen molar-refractivity contribution in [1.29, 1.82) is 0 Å². The first kappa shape index (κ1) is 15.8. The topological polar surface area (TPSA) is 53.6 Å². The van der Waals surface area contributed by atoms with Crippen molar-refractivity contribution in [2.45, 2.75) is 25.3 Å². The Hall–Kier alpha value is -1.11. The summed E-state index contributed by atoms with van der Waals surface area (Å²) >= 11 is 1.77. The Morgan fingerprint density at radius 1 is 1.41 bits per heavy atom. The van der Waals surface area contributed by atoms with Crippen molar-refractivity contribution >= 4 is 17.4 Å². The molecule has 2 aliphatic heterocycles. The third kappa shape index (κ3) is 4.21. The average Bonchev–Trinajstić information content (AvgIpc) is 3.27. The lowest BCUT2D eigenvalue weighted by Crippen LogP contribution is -2.42. The van der Waals surface area contributed by atoms with Gasteiger partial charge in [0.1, 0.15) is 0 Å². The highest BCUT2D eigenvalue weighted by molar-refractivity contribution is 7.10. The van der Waals surface area contributed by atoms with Gasteiger partial charge in [0.05, 0.1) is 12.6 Å². The van der Waals surface area contributed by atoms with Gasteiger partial charge >= 0.3 is 6.03 Å². The highest BCUT2D eigenvalue weighted by Crippen LogP contribution is 2.27. The molecule has 0 unspecified atom stereocenters. The van der Waals surface area contributed by atoms with Crippen molar-refractivity contribution in [2.75, 3.05) is 39.4 Å². The third-order valence-corrected chi connectivity index (χ3v) is 5.46. The van der Waals surface area contributed by atoms with Gasteiger partial charge < -0.3 is 15.4 Å². The van der Waals surface area contributed by atoms with Crippen LogP contribution in [0.4, 0.5) is 4.79 Å². The molecular formula is C16H25N3O2S. The Morgan fingerprint density at radius 3 is 2.95 bits per heavy atom. The third-order valence-electron chi connectivity index (χ3n) is 4.48. The fourth-order valence-electron chi connectivity index (χ4n) is 3.18. The summed E-state index contributed by atoms with van der Waals surface area (Å²) in [5, 5.41) is 8.13. The standard InChI is InChI=1S/C16H25N3O2S/c20-16(17-10-13-5-8-21-12-13)18-11-14(15-4-3-9-22-15)19-6-1-2-7-19/h3-4,9,13-14H,1-2,5-8,10-12H2,(H2,17,18,20)/t13-,14-/m1/s1. The van der Waals surface area contributed by atoms with Gasteiger partial charge in [0.15, 0.2) is 0 Å². The Labute approximate surface area is 136 Å². The molecule has 2 amide bonds. The molecule has 5 nitrogen and oxygen atoms in total. The fourth-order valence-corrected chi connectivity index (χ4v) is 4.04. The molecule has 2 fully saturated rings. The average molecular weight is 323 g/mol. The van der Waals surface area contributed by atoms with Gasteiger partial charge in [-0.05, 0) is 43.8 Å². The number of likely N-dealkylation sites (tertiary alicyclic amines) is 1. The maximum absolute atomic E-state index is 12.0. The quantitative estimate of drug-likeness (QED) is 0.844. The predicted octanol–water partition coefficient (Wildman–Crippen LogP) is 2.22. The number of hydrogen-bond acceptors (Lipinski definition) is 4. The molecule has 0 spiro atoms. The Morgan fingerprint density at radius 2 is 2.27 bits per heavy atom. The van der Waals surface area contributed by atoms with Gasteiger partial charge in [0.2, 0.25) is 0 Å². The number of nitrogens with one attached hydrogen (secondary N) is 2. The van der Waals surface area contributed by atoms with Crippen LogP contribution in [0.3, 0.4) is 0 Å². The van der Waals surface area contributed by atoms with Gasteiger partial charge in [-0.1, -0.05) is 6.07 Å². The first-order valence-electron chi connectivity index (χ1n) is 8.20. The van der Waals surface area contributed by atoms with Crippen LogP contribution in [0.1, 0.15) is 30.2 Å². The van der Waals surface area contributed by atoms with Crippen LogP contribution in [0.2, 0.25) is 0 Å². The number of nitrogens with zero attached hydrogens (tertiary/aromatic N) is 1. The van der Waals surface area contributed by atoms with E-state index in [0.717, 1.165) is 32.7 Å². The van der Waals surface area contributed by atoms with Crippen molar-refractivity contribution in [3.05, 3.63) is 22.4 Å². The first-order chi connectivity index (χ1) is 10.8. The van der Waals surface area contributed by atoms with Crippen LogP contribution in [-0.2, 0) is 4.74 Å². The van der Waals surface area contributed by atoms with Crippen molar-refractivity contribution in [2.24, 2.45) is 5.92 Å². The van der Waals surface area contributed by atoms with E-state index in [9.17, 15) is 4.79 Å². The minimum absolute atomic E-state index is 0.0624. The van der Waals surface area contributed by atoms with Gasteiger partial charge in [-0.3, -0.25) is 4.90 Å². The van der Waals surface area contributed by atoms with E-state index in [1.165, 1.54) is 17.7 Å². The van der Waals surface area contributed by atoms with E-state index in [1.54, 1.807) is 11.3 Å². The zero-order valence-electron chi connectivity index (χ0n) is 12.9. The highest BCUT2D eigenvalue weighted by atomic mass is 32.1. The lowest BCUT2D eigenvalue weighted by molar-refractivity contribution is 0.184. The molecule has 0 bridgehead atoms. The van der Waals surface area contributed by atoms with E-state index in [-0.39, 0.29) is 6.03 Å². The summed E-state index contributed by atoms with van der Waals surface area (Å²) in [5.41, 5.74) is 0. The van der Waals surface area contributed by atoms with E-state index >= 15 is 0 Å². The lowest BCUT2D eigenvalue weighted by atomic mass is 10.1. The predicted molar refractivity (Wildman–Crippen MR) is 88.2 cm³/mol. The maximum Gasteiger partial charge on any atom is 0.314 e. The molecule has 0 aliphatic carbocycles. The number of urea groups is 1. The summed E-state index contributed by atoms with van der Waals surface area (Å²) in [7, 11) is 0. The molecule has 0 aromatic carbocycles. The monoisotopic (exact) mass is 323 g/mol. The first-order valence-corrected chi connectivity index (χ1v) is 9.08. The minimum atomic E-state index is -0.0624. The number of thiophene rings is 1. The van der Waals surface area contributed by atoms with Crippen molar-refractivity contribution in [3.63, 3.8) is 0 Å². The molecule has 3 heterocycles. The molecule has 1 aromatic heterocycles. The van der Waals surface area contributed by atoms with E-state index < -0.39 is 0 Å². The van der Waals surface area contributed by atoms with Crippen molar-refractivity contribution in [1.82, 2.24) is 15.5 Å². The normalized spacial score (nSPS) is 23.5. The van der Waals surface area contributed by atoms with Gasteiger partial charge in [-0.15, -0.1) is 11.3 Å². The molecule has 22 heavy (non-hydrogen) atoms. The second kappa shape index (κ2) is 7.94. The van der Waals surface area contributed by atoms with Crippen molar-refractivity contribution < 1.29 is 9.53 Å². The molecule has 2 saturated heterocycles. The summed E-state index contributed by atoms with van der Waals surface area (Å²) in [6.45, 7) is 5.23. The summed E-state index contributed by atoms with van der Waals surface area (Å²) in [6, 6.07) is 4.50. The molecule has 0 radical (unpaired) electrons. The Bertz CT molecular complexity index is 454. The summed E-state index contributed by atoms with van der Waals surface area (Å²) in [6.07, 6.45) is 3.57. The molecular weight excluding hydrogens is 298 g/mol. The zero-order valence-corrected chi connectivity index (χ0v) is 13.7. The summed E-state index contributed by atoms with van der Waals surface area (Å²) in [5.74, 6) is 0.470. The van der Waals surface area contributed by atoms with Crippen molar-refractivity contribution in [3.8, 4) is 0 Å². The van der Waals surface area contributed by atoms with Gasteiger partial charge in [-0.2, -0.15) is 0 Å². The SMILES string of the molecule is O=C(NC[C@H]1CCOC1)NC[C@H](c1cccs1)N1CCCC1. The fraction of sp³-hybridized carbons (Fsp3) is 0.688. The van der Waals surface area contributed by atoms with E-state index in [0.29, 0.717) is 25.0 Å². The number of ether oxygens (including phenoxy) is 1. The molecule has 2 N–H and O–H groups in total. The van der Waals surface area contributed by atoms with Crippen LogP contribution in [0.5, 0.6) is 0 Å². The molecule has 3 rings (SSSR count). The van der Waals surface area contributed by atoms with Crippen LogP contribution in [0.15, 0.2) is 17.5 Å². The van der Waals surface area contributed by atoms with E-state index in [1.807, 2.05) is 0 Å². The Balaban J connectivity index is 1.47. The van der Waals surface area contributed by atoms with Gasteiger partial charge in [-0.25, -0.2) is 4.79 Å². The second-order valence-electron chi connectivity index (χ2n) is 6.09. The second-order valence-corrected chi connectivity index (χ2v) is 7.07. The van der Waals surface area contributed by atoms with E-state index in [2.05, 4.69) is 33.0 Å². The van der Waals surface area contributed by atoms with Crippen LogP contribution in [-0.4, -0.2) is 50.3 Å². The van der Waals surface area contributed by atoms with Crippen LogP contribution < -0.4 is 10.6 Å². The lowest BCUT2D eigenvalue weighted by Gasteiger charge is -2.27. The molecule has 0 saturated carbocycles. The number of rotatable bonds is 6. The highest BCUT2D eigenvalue weighted by Gasteiger charge is 2.24.